The van der Waals surface area contributed by atoms with Crippen molar-refractivity contribution in [3.05, 3.63) is 34.9 Å². The number of carboxylic acid groups (broad SMARTS) is 1. The smallest absolute Gasteiger partial charge is 0.308 e. The molecule has 122 valence electrons. The molecule has 1 aromatic carbocycles. The molecular formula is C17H24ClNO3. The maximum absolute atomic E-state index is 12.4. The van der Waals surface area contributed by atoms with Crippen LogP contribution in [0, 0.1) is 11.8 Å². The van der Waals surface area contributed by atoms with Crippen molar-refractivity contribution in [2.24, 2.45) is 11.8 Å². The van der Waals surface area contributed by atoms with Crippen molar-refractivity contribution in [1.82, 2.24) is 5.32 Å². The molecule has 1 amide bonds. The Hall–Kier alpha value is -1.55. The van der Waals surface area contributed by atoms with E-state index >= 15 is 0 Å². The summed E-state index contributed by atoms with van der Waals surface area (Å²) in [7, 11) is 0. The Bertz CT molecular complexity index is 540. The lowest BCUT2D eigenvalue weighted by Crippen LogP contribution is -2.43. The quantitative estimate of drug-likeness (QED) is 0.806. The highest BCUT2D eigenvalue weighted by Crippen LogP contribution is 2.26. The number of hydrogen-bond acceptors (Lipinski definition) is 2. The highest BCUT2D eigenvalue weighted by Gasteiger charge is 2.31. The van der Waals surface area contributed by atoms with Crippen LogP contribution in [0.1, 0.15) is 39.7 Å². The van der Waals surface area contributed by atoms with Crippen LogP contribution in [0.25, 0.3) is 0 Å². The number of amides is 1. The van der Waals surface area contributed by atoms with Crippen molar-refractivity contribution < 1.29 is 14.7 Å². The molecule has 0 aliphatic rings. The molecule has 0 saturated carbocycles. The Kier molecular flexibility index (Phi) is 6.42. The third kappa shape index (κ3) is 5.02. The summed E-state index contributed by atoms with van der Waals surface area (Å²) in [5, 5.41) is 12.6. The van der Waals surface area contributed by atoms with Crippen molar-refractivity contribution in [1.29, 1.82) is 0 Å². The molecule has 1 aromatic rings. The highest BCUT2D eigenvalue weighted by atomic mass is 35.5. The van der Waals surface area contributed by atoms with E-state index in [1.807, 2.05) is 19.9 Å². The van der Waals surface area contributed by atoms with Gasteiger partial charge in [-0.15, -0.1) is 0 Å². The maximum Gasteiger partial charge on any atom is 0.308 e. The lowest BCUT2D eigenvalue weighted by atomic mass is 9.83. The van der Waals surface area contributed by atoms with Crippen molar-refractivity contribution in [2.45, 2.75) is 39.5 Å². The van der Waals surface area contributed by atoms with Gasteiger partial charge in [0.25, 0.3) is 0 Å². The summed E-state index contributed by atoms with van der Waals surface area (Å²) in [6.07, 6.45) is 0.535. The second kappa shape index (κ2) is 7.63. The third-order valence-corrected chi connectivity index (χ3v) is 3.96. The molecule has 2 N–H and O–H groups in total. The Labute approximate surface area is 136 Å². The average molecular weight is 326 g/mol. The first-order valence-electron chi connectivity index (χ1n) is 7.41. The van der Waals surface area contributed by atoms with Crippen molar-refractivity contribution in [3.8, 4) is 0 Å². The molecule has 0 saturated heterocycles. The SMILES string of the molecule is CC(C)CC(CNC(=O)C(C)(C)c1cccc(Cl)c1)C(=O)O. The van der Waals surface area contributed by atoms with Gasteiger partial charge in [-0.1, -0.05) is 37.6 Å². The van der Waals surface area contributed by atoms with Gasteiger partial charge in [0.2, 0.25) is 5.91 Å². The minimum Gasteiger partial charge on any atom is -0.481 e. The summed E-state index contributed by atoms with van der Waals surface area (Å²) < 4.78 is 0. The van der Waals surface area contributed by atoms with Gasteiger partial charge in [-0.05, 0) is 43.9 Å². The molecule has 0 fully saturated rings. The van der Waals surface area contributed by atoms with Crippen molar-refractivity contribution in [2.75, 3.05) is 6.54 Å². The molecular weight excluding hydrogens is 302 g/mol. The normalized spacial score (nSPS) is 13.0. The first-order chi connectivity index (χ1) is 10.1. The summed E-state index contributed by atoms with van der Waals surface area (Å²) in [4.78, 5) is 23.7. The second-order valence-corrected chi connectivity index (χ2v) is 6.95. The minimum absolute atomic E-state index is 0.135. The van der Waals surface area contributed by atoms with Crippen LogP contribution >= 0.6 is 11.6 Å². The predicted octanol–water partition coefficient (Wildman–Crippen LogP) is 3.48. The van der Waals surface area contributed by atoms with Crippen LogP contribution in [-0.2, 0) is 15.0 Å². The van der Waals surface area contributed by atoms with Crippen molar-refractivity contribution >= 4 is 23.5 Å². The molecule has 1 unspecified atom stereocenters. The standard InChI is InChI=1S/C17H24ClNO3/c1-11(2)8-12(15(20)21)10-19-16(22)17(3,4)13-6-5-7-14(18)9-13/h5-7,9,11-12H,8,10H2,1-4H3,(H,19,22)(H,20,21). The molecule has 22 heavy (non-hydrogen) atoms. The minimum atomic E-state index is -0.880. The van der Waals surface area contributed by atoms with Gasteiger partial charge in [0, 0.05) is 11.6 Å². The fourth-order valence-electron chi connectivity index (χ4n) is 2.29. The molecule has 5 heteroatoms. The van der Waals surface area contributed by atoms with Crippen LogP contribution < -0.4 is 5.32 Å². The molecule has 0 aliphatic carbocycles. The summed E-state index contributed by atoms with van der Waals surface area (Å²) >= 11 is 5.97. The molecule has 0 aromatic heterocycles. The monoisotopic (exact) mass is 325 g/mol. The van der Waals surface area contributed by atoms with E-state index in [0.717, 1.165) is 5.56 Å². The second-order valence-electron chi connectivity index (χ2n) is 6.51. The number of hydrogen-bond donors (Lipinski definition) is 2. The van der Waals surface area contributed by atoms with Crippen LogP contribution in [0.2, 0.25) is 5.02 Å². The lowest BCUT2D eigenvalue weighted by Gasteiger charge is -2.25. The van der Waals surface area contributed by atoms with Gasteiger partial charge in [-0.3, -0.25) is 9.59 Å². The van der Waals surface area contributed by atoms with E-state index in [0.29, 0.717) is 11.4 Å². The number of carbonyl (C=O) groups is 2. The third-order valence-electron chi connectivity index (χ3n) is 3.73. The first-order valence-corrected chi connectivity index (χ1v) is 7.79. The fourth-order valence-corrected chi connectivity index (χ4v) is 2.48. The molecule has 0 spiro atoms. The van der Waals surface area contributed by atoms with Gasteiger partial charge in [0.1, 0.15) is 0 Å². The van der Waals surface area contributed by atoms with E-state index in [4.69, 9.17) is 11.6 Å². The number of halogens is 1. The van der Waals surface area contributed by atoms with Crippen LogP contribution in [0.4, 0.5) is 0 Å². The van der Waals surface area contributed by atoms with Crippen molar-refractivity contribution in [3.63, 3.8) is 0 Å². The number of carbonyl (C=O) groups excluding carboxylic acids is 1. The van der Waals surface area contributed by atoms with Gasteiger partial charge < -0.3 is 10.4 Å². The van der Waals surface area contributed by atoms with Gasteiger partial charge in [-0.2, -0.15) is 0 Å². The van der Waals surface area contributed by atoms with Crippen LogP contribution in [0.5, 0.6) is 0 Å². The van der Waals surface area contributed by atoms with E-state index in [-0.39, 0.29) is 18.4 Å². The molecule has 1 rings (SSSR count). The average Bonchev–Trinajstić information content (AvgIpc) is 2.42. The molecule has 0 heterocycles. The zero-order valence-corrected chi connectivity index (χ0v) is 14.3. The number of rotatable bonds is 7. The number of aliphatic carboxylic acids is 1. The number of nitrogens with one attached hydrogen (secondary N) is 1. The number of benzene rings is 1. The zero-order chi connectivity index (χ0) is 16.9. The van der Waals surface area contributed by atoms with E-state index in [1.54, 1.807) is 32.0 Å². The Morgan fingerprint density at radius 1 is 1.32 bits per heavy atom. The first kappa shape index (κ1) is 18.5. The van der Waals surface area contributed by atoms with Gasteiger partial charge in [-0.25, -0.2) is 0 Å². The van der Waals surface area contributed by atoms with Crippen LogP contribution in [0.15, 0.2) is 24.3 Å². The summed E-state index contributed by atoms with van der Waals surface area (Å²) in [5.41, 5.74) is 0.0273. The van der Waals surface area contributed by atoms with E-state index in [2.05, 4.69) is 5.32 Å². The summed E-state index contributed by atoms with van der Waals surface area (Å²) in [6, 6.07) is 7.14. The molecule has 0 radical (unpaired) electrons. The zero-order valence-electron chi connectivity index (χ0n) is 13.5. The molecule has 0 bridgehead atoms. The number of carboxylic acids is 1. The van der Waals surface area contributed by atoms with Crippen LogP contribution in [-0.4, -0.2) is 23.5 Å². The van der Waals surface area contributed by atoms with Gasteiger partial charge in [0.05, 0.1) is 11.3 Å². The van der Waals surface area contributed by atoms with Crippen LogP contribution in [0.3, 0.4) is 0 Å². The molecule has 0 aliphatic heterocycles. The predicted molar refractivity (Wildman–Crippen MR) is 88.1 cm³/mol. The summed E-state index contributed by atoms with van der Waals surface area (Å²) in [6.45, 7) is 7.66. The topological polar surface area (TPSA) is 66.4 Å². The molecule has 1 atom stereocenters. The Morgan fingerprint density at radius 3 is 2.45 bits per heavy atom. The van der Waals surface area contributed by atoms with E-state index in [9.17, 15) is 14.7 Å². The van der Waals surface area contributed by atoms with E-state index in [1.165, 1.54) is 0 Å². The largest absolute Gasteiger partial charge is 0.481 e. The maximum atomic E-state index is 12.4. The van der Waals surface area contributed by atoms with E-state index < -0.39 is 17.3 Å². The Morgan fingerprint density at radius 2 is 1.95 bits per heavy atom. The fraction of sp³-hybridized carbons (Fsp3) is 0.529. The van der Waals surface area contributed by atoms with Gasteiger partial charge >= 0.3 is 5.97 Å². The molecule has 4 nitrogen and oxygen atoms in total. The Balaban J connectivity index is 2.76. The lowest BCUT2D eigenvalue weighted by molar-refractivity contribution is -0.142. The summed E-state index contributed by atoms with van der Waals surface area (Å²) in [5.74, 6) is -1.39. The van der Waals surface area contributed by atoms with Gasteiger partial charge in [0.15, 0.2) is 0 Å². The highest BCUT2D eigenvalue weighted by molar-refractivity contribution is 6.30.